The van der Waals surface area contributed by atoms with E-state index < -0.39 is 0 Å². The van der Waals surface area contributed by atoms with Gasteiger partial charge in [-0.25, -0.2) is 4.68 Å². The van der Waals surface area contributed by atoms with E-state index in [0.717, 1.165) is 48.0 Å². The molecule has 1 aliphatic heterocycles. The maximum Gasteiger partial charge on any atom is 0.150 e. The number of phenolic OH excluding ortho intramolecular Hbond substituents is 1. The van der Waals surface area contributed by atoms with Crippen LogP contribution in [0.4, 0.5) is 0 Å². The zero-order valence-electron chi connectivity index (χ0n) is 13.1. The van der Waals surface area contributed by atoms with E-state index in [2.05, 4.69) is 6.07 Å². The van der Waals surface area contributed by atoms with Gasteiger partial charge in [0.15, 0.2) is 6.23 Å². The van der Waals surface area contributed by atoms with Crippen molar-refractivity contribution in [3.8, 4) is 23.1 Å². The minimum atomic E-state index is -0.0962. The van der Waals surface area contributed by atoms with Crippen molar-refractivity contribution in [2.45, 2.75) is 25.5 Å². The van der Waals surface area contributed by atoms with Crippen LogP contribution >= 0.6 is 0 Å². The van der Waals surface area contributed by atoms with Gasteiger partial charge in [0, 0.05) is 17.6 Å². The summed E-state index contributed by atoms with van der Waals surface area (Å²) in [6.07, 6.45) is 3.01. The Hall–Kier alpha value is -2.84. The van der Waals surface area contributed by atoms with Gasteiger partial charge in [0.1, 0.15) is 11.4 Å². The van der Waals surface area contributed by atoms with Crippen LogP contribution in [0, 0.1) is 11.3 Å². The maximum atomic E-state index is 9.53. The number of fused-ring (bicyclic) bond motifs is 1. The van der Waals surface area contributed by atoms with Crippen molar-refractivity contribution in [1.82, 2.24) is 9.78 Å². The highest BCUT2D eigenvalue weighted by Gasteiger charge is 2.23. The molecule has 0 amide bonds. The third-order valence-corrected chi connectivity index (χ3v) is 4.42. The van der Waals surface area contributed by atoms with Gasteiger partial charge in [-0.1, -0.05) is 6.07 Å². The Morgan fingerprint density at radius 2 is 2.00 bits per heavy atom. The number of ether oxygens (including phenoxy) is 1. The summed E-state index contributed by atoms with van der Waals surface area (Å²) in [7, 11) is 0. The van der Waals surface area contributed by atoms with Crippen LogP contribution in [0.25, 0.3) is 22.2 Å². The van der Waals surface area contributed by atoms with Gasteiger partial charge in [-0.3, -0.25) is 0 Å². The molecule has 0 spiro atoms. The van der Waals surface area contributed by atoms with Crippen molar-refractivity contribution >= 4 is 10.9 Å². The number of benzene rings is 2. The van der Waals surface area contributed by atoms with E-state index >= 15 is 0 Å². The largest absolute Gasteiger partial charge is 0.508 e. The first-order valence-electron chi connectivity index (χ1n) is 8.10. The van der Waals surface area contributed by atoms with Crippen molar-refractivity contribution < 1.29 is 9.84 Å². The van der Waals surface area contributed by atoms with Gasteiger partial charge in [0.25, 0.3) is 0 Å². The smallest absolute Gasteiger partial charge is 0.150 e. The molecule has 0 saturated carbocycles. The summed E-state index contributed by atoms with van der Waals surface area (Å²) in [6.45, 7) is 0.735. The highest BCUT2D eigenvalue weighted by molar-refractivity contribution is 5.97. The van der Waals surface area contributed by atoms with Gasteiger partial charge in [0.05, 0.1) is 17.1 Å². The average molecular weight is 319 g/mol. The quantitative estimate of drug-likeness (QED) is 0.775. The van der Waals surface area contributed by atoms with Crippen LogP contribution in [0.5, 0.6) is 5.75 Å². The van der Waals surface area contributed by atoms with E-state index in [1.807, 2.05) is 28.9 Å². The Bertz CT molecular complexity index is 916. The Morgan fingerprint density at radius 3 is 2.71 bits per heavy atom. The molecular weight excluding hydrogens is 302 g/mol. The molecule has 1 unspecified atom stereocenters. The fourth-order valence-corrected chi connectivity index (χ4v) is 3.24. The number of nitrogens with zero attached hydrogens (tertiary/aromatic N) is 3. The normalized spacial score (nSPS) is 17.7. The number of rotatable bonds is 2. The average Bonchev–Trinajstić information content (AvgIpc) is 3.03. The van der Waals surface area contributed by atoms with Gasteiger partial charge in [-0.05, 0) is 55.7 Å². The summed E-state index contributed by atoms with van der Waals surface area (Å²) in [5.41, 5.74) is 3.12. The standard InChI is InChI=1S/C19H17N3O2/c20-12-14-4-3-5-16-18(14)19(13-7-9-15(23)10-8-13)21-22(16)17-6-1-2-11-24-17/h3-5,7-10,17,23H,1-2,6,11H2. The molecule has 24 heavy (non-hydrogen) atoms. The minimum absolute atomic E-state index is 0.0962. The molecule has 1 saturated heterocycles. The van der Waals surface area contributed by atoms with E-state index in [9.17, 15) is 10.4 Å². The highest BCUT2D eigenvalue weighted by atomic mass is 16.5. The van der Waals surface area contributed by atoms with Crippen LogP contribution < -0.4 is 0 Å². The van der Waals surface area contributed by atoms with Crippen LogP contribution in [-0.4, -0.2) is 21.5 Å². The predicted octanol–water partition coefficient (Wildman–Crippen LogP) is 3.98. The molecule has 2 heterocycles. The Morgan fingerprint density at radius 1 is 1.17 bits per heavy atom. The van der Waals surface area contributed by atoms with Gasteiger partial charge in [0.2, 0.25) is 0 Å². The van der Waals surface area contributed by atoms with Crippen molar-refractivity contribution in [3.63, 3.8) is 0 Å². The molecule has 5 nitrogen and oxygen atoms in total. The Labute approximate surface area is 139 Å². The molecule has 1 aliphatic rings. The lowest BCUT2D eigenvalue weighted by atomic mass is 10.0. The number of aromatic nitrogens is 2. The topological polar surface area (TPSA) is 71.1 Å². The van der Waals surface area contributed by atoms with Gasteiger partial charge in [-0.15, -0.1) is 0 Å². The van der Waals surface area contributed by atoms with Crippen molar-refractivity contribution in [3.05, 3.63) is 48.0 Å². The lowest BCUT2D eigenvalue weighted by molar-refractivity contribution is -0.0365. The summed E-state index contributed by atoms with van der Waals surface area (Å²) in [5, 5.41) is 24.7. The molecule has 1 aromatic heterocycles. The molecule has 1 fully saturated rings. The summed E-state index contributed by atoms with van der Waals surface area (Å²) >= 11 is 0. The third-order valence-electron chi connectivity index (χ3n) is 4.42. The monoisotopic (exact) mass is 319 g/mol. The zero-order valence-corrected chi connectivity index (χ0v) is 13.1. The molecule has 2 aromatic carbocycles. The van der Waals surface area contributed by atoms with E-state index in [0.29, 0.717) is 5.56 Å². The van der Waals surface area contributed by atoms with Crippen LogP contribution in [0.2, 0.25) is 0 Å². The molecule has 0 bridgehead atoms. The Kier molecular flexibility index (Phi) is 3.68. The van der Waals surface area contributed by atoms with E-state index in [1.165, 1.54) is 0 Å². The first-order chi connectivity index (χ1) is 11.8. The maximum absolute atomic E-state index is 9.53. The second-order valence-corrected chi connectivity index (χ2v) is 5.97. The van der Waals surface area contributed by atoms with Crippen molar-refractivity contribution in [1.29, 1.82) is 5.26 Å². The summed E-state index contributed by atoms with van der Waals surface area (Å²) in [6, 6.07) is 14.8. The summed E-state index contributed by atoms with van der Waals surface area (Å²) < 4.78 is 7.79. The van der Waals surface area contributed by atoms with Crippen LogP contribution in [0.1, 0.15) is 31.1 Å². The molecular formula is C19H17N3O2. The summed E-state index contributed by atoms with van der Waals surface area (Å²) in [4.78, 5) is 0. The molecule has 1 N–H and O–H groups in total. The van der Waals surface area contributed by atoms with E-state index in [1.54, 1.807) is 18.2 Å². The first kappa shape index (κ1) is 14.7. The number of aromatic hydroxyl groups is 1. The van der Waals surface area contributed by atoms with Crippen LogP contribution in [0.3, 0.4) is 0 Å². The van der Waals surface area contributed by atoms with Gasteiger partial charge < -0.3 is 9.84 Å². The van der Waals surface area contributed by atoms with Crippen LogP contribution in [-0.2, 0) is 4.74 Å². The second-order valence-electron chi connectivity index (χ2n) is 5.97. The molecule has 120 valence electrons. The minimum Gasteiger partial charge on any atom is -0.508 e. The number of nitriles is 1. The number of hydrogen-bond donors (Lipinski definition) is 1. The van der Waals surface area contributed by atoms with Crippen LogP contribution in [0.15, 0.2) is 42.5 Å². The van der Waals surface area contributed by atoms with Crippen molar-refractivity contribution in [2.75, 3.05) is 6.61 Å². The SMILES string of the molecule is N#Cc1cccc2c1c(-c1ccc(O)cc1)nn2C1CCCCO1. The Balaban J connectivity index is 1.95. The first-order valence-corrected chi connectivity index (χ1v) is 8.10. The van der Waals surface area contributed by atoms with E-state index in [4.69, 9.17) is 9.84 Å². The zero-order chi connectivity index (χ0) is 16.5. The number of hydrogen-bond acceptors (Lipinski definition) is 4. The third kappa shape index (κ3) is 2.41. The lowest BCUT2D eigenvalue weighted by Gasteiger charge is -2.23. The molecule has 0 radical (unpaired) electrons. The fourth-order valence-electron chi connectivity index (χ4n) is 3.24. The lowest BCUT2D eigenvalue weighted by Crippen LogP contribution is -2.19. The highest BCUT2D eigenvalue weighted by Crippen LogP contribution is 2.34. The van der Waals surface area contributed by atoms with E-state index in [-0.39, 0.29) is 12.0 Å². The fraction of sp³-hybridized carbons (Fsp3) is 0.263. The number of phenols is 1. The summed E-state index contributed by atoms with van der Waals surface area (Å²) in [5.74, 6) is 0.207. The second kappa shape index (κ2) is 5.99. The van der Waals surface area contributed by atoms with Crippen molar-refractivity contribution in [2.24, 2.45) is 0 Å². The molecule has 3 aromatic rings. The molecule has 5 heteroatoms. The molecule has 0 aliphatic carbocycles. The predicted molar refractivity (Wildman–Crippen MR) is 90.4 cm³/mol. The van der Waals surface area contributed by atoms with Gasteiger partial charge in [-0.2, -0.15) is 10.4 Å². The van der Waals surface area contributed by atoms with Gasteiger partial charge >= 0.3 is 0 Å². The molecule has 1 atom stereocenters. The molecule has 4 rings (SSSR count).